The van der Waals surface area contributed by atoms with Crippen molar-refractivity contribution in [2.45, 2.75) is 70.0 Å². The van der Waals surface area contributed by atoms with E-state index in [1.807, 2.05) is 0 Å². The summed E-state index contributed by atoms with van der Waals surface area (Å²) in [6.07, 6.45) is 9.97. The van der Waals surface area contributed by atoms with Gasteiger partial charge in [0.15, 0.2) is 0 Å². The lowest BCUT2D eigenvalue weighted by atomic mass is 9.88. The Labute approximate surface area is 118 Å². The third kappa shape index (κ3) is 3.32. The van der Waals surface area contributed by atoms with Crippen molar-refractivity contribution in [3.8, 4) is 0 Å². The highest BCUT2D eigenvalue weighted by Gasteiger charge is 2.33. The molecule has 2 aliphatic heterocycles. The summed E-state index contributed by atoms with van der Waals surface area (Å²) in [6, 6.07) is 2.57. The molecule has 0 aromatic carbocycles. The van der Waals surface area contributed by atoms with Gasteiger partial charge in [0.05, 0.1) is 0 Å². The minimum atomic E-state index is 0.803. The van der Waals surface area contributed by atoms with Gasteiger partial charge in [0.1, 0.15) is 0 Å². The third-order valence-corrected chi connectivity index (χ3v) is 5.57. The fourth-order valence-corrected chi connectivity index (χ4v) is 4.45. The van der Waals surface area contributed by atoms with Gasteiger partial charge in [0.2, 0.25) is 0 Å². The predicted octanol–water partition coefficient (Wildman–Crippen LogP) is 2.08. The topological polar surface area (TPSA) is 18.5 Å². The van der Waals surface area contributed by atoms with Crippen molar-refractivity contribution in [1.82, 2.24) is 15.1 Å². The van der Waals surface area contributed by atoms with Gasteiger partial charge in [-0.05, 0) is 51.6 Å². The summed E-state index contributed by atoms with van der Waals surface area (Å²) in [5.74, 6) is 0. The maximum absolute atomic E-state index is 3.63. The number of piperazine rings is 1. The number of hydrogen-bond donors (Lipinski definition) is 1. The van der Waals surface area contributed by atoms with Crippen LogP contribution in [0.15, 0.2) is 0 Å². The lowest BCUT2D eigenvalue weighted by Gasteiger charge is -2.47. The van der Waals surface area contributed by atoms with Gasteiger partial charge < -0.3 is 5.32 Å². The summed E-state index contributed by atoms with van der Waals surface area (Å²) in [5.41, 5.74) is 0. The molecule has 3 aliphatic rings. The van der Waals surface area contributed by atoms with Crippen LogP contribution in [-0.2, 0) is 0 Å². The van der Waals surface area contributed by atoms with E-state index in [1.165, 1.54) is 71.1 Å². The molecule has 3 heteroatoms. The van der Waals surface area contributed by atoms with Crippen LogP contribution in [0.25, 0.3) is 0 Å². The average molecular weight is 265 g/mol. The van der Waals surface area contributed by atoms with Crippen LogP contribution >= 0.6 is 0 Å². The lowest BCUT2D eigenvalue weighted by molar-refractivity contribution is 0.0164. The molecule has 0 spiro atoms. The van der Waals surface area contributed by atoms with Gasteiger partial charge in [0.25, 0.3) is 0 Å². The number of rotatable bonds is 3. The van der Waals surface area contributed by atoms with Crippen molar-refractivity contribution in [3.63, 3.8) is 0 Å². The van der Waals surface area contributed by atoms with Crippen molar-refractivity contribution in [2.24, 2.45) is 0 Å². The van der Waals surface area contributed by atoms with Crippen molar-refractivity contribution in [3.05, 3.63) is 0 Å². The molecule has 1 atom stereocenters. The Kier molecular flexibility index (Phi) is 4.78. The number of fused-ring (bicyclic) bond motifs is 1. The van der Waals surface area contributed by atoms with Crippen LogP contribution in [0.2, 0.25) is 0 Å². The van der Waals surface area contributed by atoms with Crippen molar-refractivity contribution >= 4 is 0 Å². The minimum Gasteiger partial charge on any atom is -0.314 e. The molecule has 3 rings (SSSR count). The van der Waals surface area contributed by atoms with Gasteiger partial charge in [0, 0.05) is 37.8 Å². The standard InChI is InChI=1S/C16H31N3/c1-2-17-14-6-8-15(9-7-14)19-12-11-18-10-4-3-5-16(18)13-19/h14-17H,2-13H2,1H3. The second kappa shape index (κ2) is 6.55. The molecule has 110 valence electrons. The molecular formula is C16H31N3. The normalized spacial score (nSPS) is 38.1. The number of piperidine rings is 1. The Morgan fingerprint density at radius 2 is 1.63 bits per heavy atom. The summed E-state index contributed by atoms with van der Waals surface area (Å²) in [4.78, 5) is 5.58. The minimum absolute atomic E-state index is 0.803. The number of hydrogen-bond acceptors (Lipinski definition) is 3. The summed E-state index contributed by atoms with van der Waals surface area (Å²) < 4.78 is 0. The molecule has 3 fully saturated rings. The van der Waals surface area contributed by atoms with E-state index in [1.54, 1.807) is 0 Å². The predicted molar refractivity (Wildman–Crippen MR) is 80.5 cm³/mol. The molecule has 0 amide bonds. The van der Waals surface area contributed by atoms with Crippen LogP contribution in [0.3, 0.4) is 0 Å². The third-order valence-electron chi connectivity index (χ3n) is 5.57. The van der Waals surface area contributed by atoms with Crippen LogP contribution in [0.1, 0.15) is 51.9 Å². The monoisotopic (exact) mass is 265 g/mol. The first-order valence-corrected chi connectivity index (χ1v) is 8.58. The van der Waals surface area contributed by atoms with E-state index in [0.717, 1.165) is 24.7 Å². The molecule has 1 aliphatic carbocycles. The van der Waals surface area contributed by atoms with Gasteiger partial charge in [-0.1, -0.05) is 13.3 Å². The van der Waals surface area contributed by atoms with E-state index < -0.39 is 0 Å². The van der Waals surface area contributed by atoms with E-state index >= 15 is 0 Å². The van der Waals surface area contributed by atoms with Crippen molar-refractivity contribution in [1.29, 1.82) is 0 Å². The Bertz CT molecular complexity index is 273. The highest BCUT2D eigenvalue weighted by molar-refractivity contribution is 4.90. The zero-order valence-electron chi connectivity index (χ0n) is 12.6. The Hall–Kier alpha value is -0.120. The maximum atomic E-state index is 3.63. The maximum Gasteiger partial charge on any atom is 0.0223 e. The SMILES string of the molecule is CCNC1CCC(N2CCN3CCCCC3C2)CC1. The van der Waals surface area contributed by atoms with E-state index in [4.69, 9.17) is 0 Å². The van der Waals surface area contributed by atoms with Crippen molar-refractivity contribution < 1.29 is 0 Å². The van der Waals surface area contributed by atoms with Crippen LogP contribution in [-0.4, -0.2) is 60.6 Å². The Balaban J connectivity index is 1.48. The largest absolute Gasteiger partial charge is 0.314 e. The summed E-state index contributed by atoms with van der Waals surface area (Å²) in [5, 5.41) is 3.63. The van der Waals surface area contributed by atoms with E-state index in [0.29, 0.717) is 0 Å². The van der Waals surface area contributed by atoms with Crippen LogP contribution < -0.4 is 5.32 Å². The summed E-state index contributed by atoms with van der Waals surface area (Å²) in [7, 11) is 0. The highest BCUT2D eigenvalue weighted by atomic mass is 15.3. The zero-order chi connectivity index (χ0) is 13.1. The van der Waals surface area contributed by atoms with Gasteiger partial charge in [-0.25, -0.2) is 0 Å². The highest BCUT2D eigenvalue weighted by Crippen LogP contribution is 2.28. The molecule has 0 radical (unpaired) electrons. The molecule has 1 unspecified atom stereocenters. The number of nitrogens with zero attached hydrogens (tertiary/aromatic N) is 2. The van der Waals surface area contributed by atoms with Gasteiger partial charge in [-0.3, -0.25) is 9.80 Å². The fourth-order valence-electron chi connectivity index (χ4n) is 4.45. The molecule has 0 bridgehead atoms. The quantitative estimate of drug-likeness (QED) is 0.843. The second-order valence-electron chi connectivity index (χ2n) is 6.74. The lowest BCUT2D eigenvalue weighted by Crippen LogP contribution is -2.57. The van der Waals surface area contributed by atoms with E-state index in [-0.39, 0.29) is 0 Å². The first-order chi connectivity index (χ1) is 9.36. The molecule has 19 heavy (non-hydrogen) atoms. The molecular weight excluding hydrogens is 234 g/mol. The van der Waals surface area contributed by atoms with E-state index in [9.17, 15) is 0 Å². The van der Waals surface area contributed by atoms with Crippen LogP contribution in [0.4, 0.5) is 0 Å². The average Bonchev–Trinajstić information content (AvgIpc) is 2.48. The fraction of sp³-hybridized carbons (Fsp3) is 1.00. The summed E-state index contributed by atoms with van der Waals surface area (Å²) >= 11 is 0. The molecule has 2 saturated heterocycles. The Morgan fingerprint density at radius 1 is 0.842 bits per heavy atom. The molecule has 1 N–H and O–H groups in total. The smallest absolute Gasteiger partial charge is 0.0223 e. The second-order valence-corrected chi connectivity index (χ2v) is 6.74. The molecule has 0 aromatic rings. The van der Waals surface area contributed by atoms with Crippen LogP contribution in [0.5, 0.6) is 0 Å². The van der Waals surface area contributed by atoms with Gasteiger partial charge in [-0.2, -0.15) is 0 Å². The first kappa shape index (κ1) is 13.8. The molecule has 2 heterocycles. The summed E-state index contributed by atoms with van der Waals surface area (Å²) in [6.45, 7) is 8.75. The molecule has 3 nitrogen and oxygen atoms in total. The molecule has 1 saturated carbocycles. The van der Waals surface area contributed by atoms with Gasteiger partial charge >= 0.3 is 0 Å². The van der Waals surface area contributed by atoms with Crippen molar-refractivity contribution in [2.75, 3.05) is 32.7 Å². The van der Waals surface area contributed by atoms with Gasteiger partial charge in [-0.15, -0.1) is 0 Å². The Morgan fingerprint density at radius 3 is 2.42 bits per heavy atom. The molecule has 0 aromatic heterocycles. The van der Waals surface area contributed by atoms with Crippen LogP contribution in [0, 0.1) is 0 Å². The zero-order valence-corrected chi connectivity index (χ0v) is 12.6. The first-order valence-electron chi connectivity index (χ1n) is 8.58. The van der Waals surface area contributed by atoms with E-state index in [2.05, 4.69) is 22.0 Å². The number of nitrogens with one attached hydrogen (secondary N) is 1.